The number of fused-ring (bicyclic) bond motifs is 2. The molecule has 0 radical (unpaired) electrons. The van der Waals surface area contributed by atoms with E-state index in [-0.39, 0.29) is 11.6 Å². The molecule has 3 aromatic heterocycles. The van der Waals surface area contributed by atoms with Gasteiger partial charge in [-0.2, -0.15) is 0 Å². The number of ether oxygens (including phenoxy) is 1. The minimum atomic E-state index is -0.470. The normalized spacial score (nSPS) is 10.7. The minimum absolute atomic E-state index is 0.232. The molecule has 0 saturated carbocycles. The monoisotopic (exact) mass is 480 g/mol. The van der Waals surface area contributed by atoms with E-state index >= 15 is 4.39 Å². The summed E-state index contributed by atoms with van der Waals surface area (Å²) in [6, 6.07) is 12.2. The molecule has 0 spiro atoms. The van der Waals surface area contributed by atoms with Crippen molar-refractivity contribution in [2.45, 2.75) is 13.8 Å². The molecule has 1 amide bonds. The van der Waals surface area contributed by atoms with E-state index < -0.39 is 5.82 Å². The molecule has 0 fully saturated rings. The second-order valence-electron chi connectivity index (χ2n) is 8.00. The number of rotatable bonds is 5. The van der Waals surface area contributed by atoms with Crippen molar-refractivity contribution in [1.82, 2.24) is 19.4 Å². The van der Waals surface area contributed by atoms with Crippen LogP contribution in [-0.4, -0.2) is 32.3 Å². The number of amides is 1. The molecular formula is C27H21FN6O2. The Bertz CT molecular complexity index is 1680. The number of carbonyl (C=O) groups excluding carboxylic acids is 1. The Balaban J connectivity index is 1.45. The van der Waals surface area contributed by atoms with Gasteiger partial charge in [0, 0.05) is 48.3 Å². The van der Waals surface area contributed by atoms with E-state index in [9.17, 15) is 4.79 Å². The summed E-state index contributed by atoms with van der Waals surface area (Å²) in [5.41, 5.74) is 2.56. The van der Waals surface area contributed by atoms with Crippen molar-refractivity contribution in [2.24, 2.45) is 0 Å². The van der Waals surface area contributed by atoms with Crippen LogP contribution in [-0.2, 0) is 4.79 Å². The zero-order valence-electron chi connectivity index (χ0n) is 19.8. The number of benzene rings is 2. The van der Waals surface area contributed by atoms with Crippen LogP contribution in [0.25, 0.3) is 16.6 Å². The van der Waals surface area contributed by atoms with Gasteiger partial charge in [0.25, 0.3) is 0 Å². The Morgan fingerprint density at radius 1 is 1.11 bits per heavy atom. The van der Waals surface area contributed by atoms with Gasteiger partial charge in [0.15, 0.2) is 5.82 Å². The molecule has 1 N–H and O–H groups in total. The molecule has 8 nitrogen and oxygen atoms in total. The van der Waals surface area contributed by atoms with Crippen LogP contribution >= 0.6 is 0 Å². The summed E-state index contributed by atoms with van der Waals surface area (Å²) in [4.78, 5) is 26.5. The summed E-state index contributed by atoms with van der Waals surface area (Å²) in [5.74, 6) is 5.65. The van der Waals surface area contributed by atoms with E-state index in [1.165, 1.54) is 11.2 Å². The van der Waals surface area contributed by atoms with Gasteiger partial charge in [-0.3, -0.25) is 4.79 Å². The number of carbonyl (C=O) groups is 1. The highest BCUT2D eigenvalue weighted by Gasteiger charge is 2.15. The van der Waals surface area contributed by atoms with Crippen LogP contribution in [0.2, 0.25) is 0 Å². The number of hydrogen-bond donors (Lipinski definition) is 1. The molecule has 9 heteroatoms. The quantitative estimate of drug-likeness (QED) is 0.346. The second kappa shape index (κ2) is 9.35. The number of nitrogens with zero attached hydrogens (tertiary/aromatic N) is 5. The lowest BCUT2D eigenvalue weighted by Gasteiger charge is -2.16. The summed E-state index contributed by atoms with van der Waals surface area (Å²) in [7, 11) is 1.64. The molecule has 36 heavy (non-hydrogen) atoms. The van der Waals surface area contributed by atoms with Crippen LogP contribution in [0.1, 0.15) is 12.5 Å². The first-order chi connectivity index (χ1) is 17.4. The summed E-state index contributed by atoms with van der Waals surface area (Å²) < 4.78 is 23.2. The number of pyridine rings is 1. The summed E-state index contributed by atoms with van der Waals surface area (Å²) in [6.07, 6.45) is 6.75. The van der Waals surface area contributed by atoms with Crippen LogP contribution < -0.4 is 15.0 Å². The van der Waals surface area contributed by atoms with Crippen molar-refractivity contribution in [1.29, 1.82) is 0 Å². The molecule has 0 atom stereocenters. The minimum Gasteiger partial charge on any atom is -0.457 e. The smallest absolute Gasteiger partial charge is 0.302 e. The van der Waals surface area contributed by atoms with Crippen molar-refractivity contribution >= 4 is 39.6 Å². The second-order valence-corrected chi connectivity index (χ2v) is 8.00. The summed E-state index contributed by atoms with van der Waals surface area (Å²) in [5, 5.41) is 3.69. The van der Waals surface area contributed by atoms with E-state index in [0.717, 1.165) is 5.65 Å². The first-order valence-corrected chi connectivity index (χ1v) is 11.1. The zero-order valence-corrected chi connectivity index (χ0v) is 19.8. The topological polar surface area (TPSA) is 84.7 Å². The Kier molecular flexibility index (Phi) is 5.92. The van der Waals surface area contributed by atoms with Gasteiger partial charge in [0.2, 0.25) is 0 Å². The maximum absolute atomic E-state index is 15.4. The molecule has 0 aliphatic rings. The third-order valence-corrected chi connectivity index (χ3v) is 5.73. The Morgan fingerprint density at radius 3 is 2.81 bits per heavy atom. The maximum Gasteiger partial charge on any atom is 0.302 e. The Morgan fingerprint density at radius 2 is 1.97 bits per heavy atom. The molecule has 5 aromatic rings. The molecule has 0 aliphatic heterocycles. The van der Waals surface area contributed by atoms with Crippen molar-refractivity contribution < 1.29 is 13.9 Å². The zero-order chi connectivity index (χ0) is 25.2. The van der Waals surface area contributed by atoms with E-state index in [2.05, 4.69) is 32.1 Å². The molecule has 2 aromatic carbocycles. The highest BCUT2D eigenvalue weighted by atomic mass is 19.1. The fraction of sp³-hybridized carbons (Fsp3) is 0.111. The highest BCUT2D eigenvalue weighted by Crippen LogP contribution is 2.33. The van der Waals surface area contributed by atoms with Gasteiger partial charge in [0.05, 0.1) is 11.2 Å². The molecule has 3 heterocycles. The van der Waals surface area contributed by atoms with Crippen LogP contribution in [0.5, 0.6) is 11.5 Å². The van der Waals surface area contributed by atoms with Gasteiger partial charge >= 0.3 is 5.91 Å². The van der Waals surface area contributed by atoms with E-state index in [1.54, 1.807) is 69.6 Å². The first kappa shape index (κ1) is 22.8. The fourth-order valence-electron chi connectivity index (χ4n) is 3.74. The molecule has 5 rings (SSSR count). The lowest BCUT2D eigenvalue weighted by atomic mass is 10.1. The fourth-order valence-corrected chi connectivity index (χ4v) is 3.74. The van der Waals surface area contributed by atoms with Crippen LogP contribution in [0, 0.1) is 24.6 Å². The number of anilines is 3. The van der Waals surface area contributed by atoms with Crippen molar-refractivity contribution in [3.05, 3.63) is 78.8 Å². The average Bonchev–Trinajstić information content (AvgIpc) is 3.36. The lowest BCUT2D eigenvalue weighted by molar-refractivity contribution is -0.113. The number of aromatic nitrogens is 4. The van der Waals surface area contributed by atoms with Crippen LogP contribution in [0.3, 0.4) is 0 Å². The van der Waals surface area contributed by atoms with Crippen LogP contribution in [0.15, 0.2) is 67.4 Å². The molecule has 178 valence electrons. The molecule has 0 unspecified atom stereocenters. The lowest BCUT2D eigenvalue weighted by Crippen LogP contribution is -2.24. The SMILES string of the molecule is CC#CC(=O)N(C)c1ccc2ncnc(Nc3ccc(Oc4ccn5ccnc5c4)c(C)c3F)c2c1. The predicted molar refractivity (Wildman–Crippen MR) is 136 cm³/mol. The van der Waals surface area contributed by atoms with E-state index in [0.29, 0.717) is 39.5 Å². The standard InChI is InChI=1S/C27H21FN6O2/c1-4-5-25(35)33(3)18-6-7-21-20(14-18)27(31-16-30-21)32-22-8-9-23(17(2)26(22)28)36-19-10-12-34-13-11-29-24(34)15-19/h6-16H,1-3H3,(H,30,31,32). The van der Waals surface area contributed by atoms with Gasteiger partial charge < -0.3 is 19.4 Å². The van der Waals surface area contributed by atoms with Gasteiger partial charge in [-0.05, 0) is 56.2 Å². The number of hydrogen-bond acceptors (Lipinski definition) is 6. The largest absolute Gasteiger partial charge is 0.457 e. The molecule has 0 aliphatic carbocycles. The highest BCUT2D eigenvalue weighted by molar-refractivity contribution is 6.06. The van der Waals surface area contributed by atoms with Crippen molar-refractivity contribution in [3.63, 3.8) is 0 Å². The third kappa shape index (κ3) is 4.28. The third-order valence-electron chi connectivity index (χ3n) is 5.73. The Hall–Kier alpha value is -4.97. The maximum atomic E-state index is 15.4. The first-order valence-electron chi connectivity index (χ1n) is 11.1. The van der Waals surface area contributed by atoms with E-state index in [1.807, 2.05) is 16.8 Å². The van der Waals surface area contributed by atoms with Gasteiger partial charge in [0.1, 0.15) is 29.3 Å². The number of halogens is 1. The van der Waals surface area contributed by atoms with Gasteiger partial charge in [-0.1, -0.05) is 5.92 Å². The van der Waals surface area contributed by atoms with Gasteiger partial charge in [-0.15, -0.1) is 0 Å². The van der Waals surface area contributed by atoms with Crippen LogP contribution in [0.4, 0.5) is 21.6 Å². The number of nitrogens with one attached hydrogen (secondary N) is 1. The van der Waals surface area contributed by atoms with E-state index in [4.69, 9.17) is 4.74 Å². The molecule has 0 saturated heterocycles. The predicted octanol–water partition coefficient (Wildman–Crippen LogP) is 5.25. The van der Waals surface area contributed by atoms with Crippen molar-refractivity contribution in [3.8, 4) is 23.3 Å². The summed E-state index contributed by atoms with van der Waals surface area (Å²) in [6.45, 7) is 3.25. The van der Waals surface area contributed by atoms with Crippen molar-refractivity contribution in [2.75, 3.05) is 17.3 Å². The average molecular weight is 481 g/mol. The summed E-state index contributed by atoms with van der Waals surface area (Å²) >= 11 is 0. The molecular weight excluding hydrogens is 459 g/mol. The Labute approximate surface area is 206 Å². The molecule has 0 bridgehead atoms. The number of imidazole rings is 1. The van der Waals surface area contributed by atoms with Gasteiger partial charge in [-0.25, -0.2) is 19.3 Å².